The first-order valence-corrected chi connectivity index (χ1v) is 5.87. The van der Waals surface area contributed by atoms with Gasteiger partial charge in [-0.05, 0) is 23.6 Å². The van der Waals surface area contributed by atoms with Crippen LogP contribution in [0.5, 0.6) is 0 Å². The van der Waals surface area contributed by atoms with E-state index in [2.05, 4.69) is 5.92 Å². The van der Waals surface area contributed by atoms with Gasteiger partial charge in [-0.2, -0.15) is 0 Å². The number of hydrogen-bond acceptors (Lipinski definition) is 3. The van der Waals surface area contributed by atoms with Crippen LogP contribution in [-0.2, 0) is 4.74 Å². The predicted molar refractivity (Wildman–Crippen MR) is 69.0 cm³/mol. The minimum absolute atomic E-state index is 0.370. The smallest absolute Gasteiger partial charge is 0.338 e. The van der Waals surface area contributed by atoms with E-state index in [9.17, 15) is 4.79 Å². The Morgan fingerprint density at radius 3 is 2.82 bits per heavy atom. The molecule has 0 unspecified atom stereocenters. The summed E-state index contributed by atoms with van der Waals surface area (Å²) in [5, 5.41) is 1.96. The lowest BCUT2D eigenvalue weighted by atomic mass is 10.0. The fraction of sp³-hybridized carbons (Fsp3) is 0.0714. The van der Waals surface area contributed by atoms with E-state index in [0.717, 1.165) is 10.4 Å². The van der Waals surface area contributed by atoms with Crippen molar-refractivity contribution in [1.82, 2.24) is 0 Å². The van der Waals surface area contributed by atoms with Gasteiger partial charge in [-0.3, -0.25) is 0 Å². The van der Waals surface area contributed by atoms with Crippen LogP contribution in [0.3, 0.4) is 0 Å². The zero-order valence-electron chi connectivity index (χ0n) is 9.27. The standard InChI is InChI=1S/C14H10O2S/c1-3-10-6-7-11(13-5-4-8-17-13)12(9-10)14(15)16-2/h1,4-9H,2H3. The molecule has 0 aliphatic rings. The van der Waals surface area contributed by atoms with Crippen LogP contribution in [0, 0.1) is 12.3 Å². The number of hydrogen-bond donors (Lipinski definition) is 0. The molecule has 2 aromatic rings. The van der Waals surface area contributed by atoms with Crippen molar-refractivity contribution in [2.75, 3.05) is 7.11 Å². The Kier molecular flexibility index (Phi) is 3.27. The van der Waals surface area contributed by atoms with E-state index in [1.807, 2.05) is 29.6 Å². The maximum atomic E-state index is 11.7. The number of rotatable bonds is 2. The van der Waals surface area contributed by atoms with Crippen molar-refractivity contribution in [2.45, 2.75) is 0 Å². The van der Waals surface area contributed by atoms with Crippen LogP contribution in [0.25, 0.3) is 10.4 Å². The Balaban J connectivity index is 2.60. The largest absolute Gasteiger partial charge is 0.465 e. The molecule has 0 amide bonds. The number of carbonyl (C=O) groups excluding carboxylic acids is 1. The molecule has 0 N–H and O–H groups in total. The summed E-state index contributed by atoms with van der Waals surface area (Å²) in [4.78, 5) is 12.7. The van der Waals surface area contributed by atoms with Crippen molar-refractivity contribution in [3.8, 4) is 22.8 Å². The average Bonchev–Trinajstić information content (AvgIpc) is 2.90. The van der Waals surface area contributed by atoms with Crippen LogP contribution in [0.4, 0.5) is 0 Å². The molecule has 1 heterocycles. The Labute approximate surface area is 104 Å². The lowest BCUT2D eigenvalue weighted by Crippen LogP contribution is -2.03. The maximum Gasteiger partial charge on any atom is 0.338 e. The van der Waals surface area contributed by atoms with E-state index >= 15 is 0 Å². The SMILES string of the molecule is C#Cc1ccc(-c2cccs2)c(C(=O)OC)c1. The van der Waals surface area contributed by atoms with E-state index in [1.54, 1.807) is 17.4 Å². The van der Waals surface area contributed by atoms with E-state index in [-0.39, 0.29) is 5.97 Å². The summed E-state index contributed by atoms with van der Waals surface area (Å²) in [5.74, 6) is 2.14. The number of esters is 1. The highest BCUT2D eigenvalue weighted by atomic mass is 32.1. The molecule has 2 rings (SSSR count). The molecule has 2 nitrogen and oxygen atoms in total. The fourth-order valence-corrected chi connectivity index (χ4v) is 2.33. The number of terminal acetylenes is 1. The minimum atomic E-state index is -0.370. The van der Waals surface area contributed by atoms with Gasteiger partial charge in [0.05, 0.1) is 12.7 Å². The molecule has 0 aliphatic heterocycles. The van der Waals surface area contributed by atoms with Gasteiger partial charge in [0.25, 0.3) is 0 Å². The quantitative estimate of drug-likeness (QED) is 0.597. The van der Waals surface area contributed by atoms with E-state index in [0.29, 0.717) is 11.1 Å². The van der Waals surface area contributed by atoms with Gasteiger partial charge in [0.2, 0.25) is 0 Å². The van der Waals surface area contributed by atoms with Crippen molar-refractivity contribution in [3.63, 3.8) is 0 Å². The highest BCUT2D eigenvalue weighted by Crippen LogP contribution is 2.29. The number of benzene rings is 1. The molecular weight excluding hydrogens is 232 g/mol. The van der Waals surface area contributed by atoms with Gasteiger partial charge in [0, 0.05) is 16.0 Å². The summed E-state index contributed by atoms with van der Waals surface area (Å²) in [6.07, 6.45) is 5.33. The number of ether oxygens (including phenoxy) is 1. The fourth-order valence-electron chi connectivity index (χ4n) is 1.56. The molecule has 3 heteroatoms. The van der Waals surface area contributed by atoms with Crippen LogP contribution >= 0.6 is 11.3 Å². The van der Waals surface area contributed by atoms with Gasteiger partial charge in [-0.25, -0.2) is 4.79 Å². The van der Waals surface area contributed by atoms with Crippen molar-refractivity contribution < 1.29 is 9.53 Å². The first kappa shape index (κ1) is 11.4. The average molecular weight is 242 g/mol. The Bertz CT molecular complexity index is 577. The Hall–Kier alpha value is -2.05. The second-order valence-corrected chi connectivity index (χ2v) is 4.32. The summed E-state index contributed by atoms with van der Waals surface area (Å²) in [5.41, 5.74) is 2.03. The van der Waals surface area contributed by atoms with Crippen LogP contribution in [0.2, 0.25) is 0 Å². The molecule has 0 saturated heterocycles. The molecule has 1 aromatic carbocycles. The third kappa shape index (κ3) is 2.22. The predicted octanol–water partition coefficient (Wildman–Crippen LogP) is 3.18. The van der Waals surface area contributed by atoms with Crippen LogP contribution < -0.4 is 0 Å². The lowest BCUT2D eigenvalue weighted by Gasteiger charge is -2.06. The molecular formula is C14H10O2S. The topological polar surface area (TPSA) is 26.3 Å². The van der Waals surface area contributed by atoms with E-state index in [1.165, 1.54) is 7.11 Å². The molecule has 0 saturated carbocycles. The summed E-state index contributed by atoms with van der Waals surface area (Å²) in [7, 11) is 1.36. The van der Waals surface area contributed by atoms with Crippen molar-refractivity contribution >= 4 is 17.3 Å². The van der Waals surface area contributed by atoms with Gasteiger partial charge in [-0.1, -0.05) is 18.1 Å². The third-order valence-electron chi connectivity index (χ3n) is 2.38. The first-order valence-electron chi connectivity index (χ1n) is 4.99. The van der Waals surface area contributed by atoms with Gasteiger partial charge in [0.15, 0.2) is 0 Å². The normalized spacial score (nSPS) is 9.65. The number of thiophene rings is 1. The molecule has 0 aliphatic carbocycles. The Morgan fingerprint density at radius 2 is 2.24 bits per heavy atom. The minimum Gasteiger partial charge on any atom is -0.465 e. The molecule has 0 spiro atoms. The summed E-state index contributed by atoms with van der Waals surface area (Å²) in [6.45, 7) is 0. The zero-order chi connectivity index (χ0) is 12.3. The van der Waals surface area contributed by atoms with Gasteiger partial charge in [0.1, 0.15) is 0 Å². The zero-order valence-corrected chi connectivity index (χ0v) is 10.1. The van der Waals surface area contributed by atoms with Crippen LogP contribution in [0.1, 0.15) is 15.9 Å². The highest BCUT2D eigenvalue weighted by Gasteiger charge is 2.14. The molecule has 0 fully saturated rings. The summed E-state index contributed by atoms with van der Waals surface area (Å²) < 4.78 is 4.77. The summed E-state index contributed by atoms with van der Waals surface area (Å²) >= 11 is 1.57. The van der Waals surface area contributed by atoms with Crippen molar-refractivity contribution in [3.05, 3.63) is 46.8 Å². The number of methoxy groups -OCH3 is 1. The molecule has 1 aromatic heterocycles. The van der Waals surface area contributed by atoms with E-state index < -0.39 is 0 Å². The molecule has 84 valence electrons. The van der Waals surface area contributed by atoms with E-state index in [4.69, 9.17) is 11.2 Å². The molecule has 0 bridgehead atoms. The second kappa shape index (κ2) is 4.86. The number of carbonyl (C=O) groups is 1. The molecule has 0 atom stereocenters. The monoisotopic (exact) mass is 242 g/mol. The van der Waals surface area contributed by atoms with Gasteiger partial charge >= 0.3 is 5.97 Å². The lowest BCUT2D eigenvalue weighted by molar-refractivity contribution is 0.0601. The van der Waals surface area contributed by atoms with Crippen LogP contribution in [-0.4, -0.2) is 13.1 Å². The molecule has 17 heavy (non-hydrogen) atoms. The first-order chi connectivity index (χ1) is 8.26. The maximum absolute atomic E-state index is 11.7. The summed E-state index contributed by atoms with van der Waals surface area (Å²) in [6, 6.07) is 9.26. The van der Waals surface area contributed by atoms with Crippen molar-refractivity contribution in [1.29, 1.82) is 0 Å². The highest BCUT2D eigenvalue weighted by molar-refractivity contribution is 7.13. The van der Waals surface area contributed by atoms with Crippen LogP contribution in [0.15, 0.2) is 35.7 Å². The third-order valence-corrected chi connectivity index (χ3v) is 3.28. The Morgan fingerprint density at radius 1 is 1.41 bits per heavy atom. The second-order valence-electron chi connectivity index (χ2n) is 3.37. The van der Waals surface area contributed by atoms with Crippen molar-refractivity contribution in [2.24, 2.45) is 0 Å². The van der Waals surface area contributed by atoms with Gasteiger partial charge < -0.3 is 4.74 Å². The van der Waals surface area contributed by atoms with Gasteiger partial charge in [-0.15, -0.1) is 17.8 Å². The molecule has 0 radical (unpaired) electrons.